The van der Waals surface area contributed by atoms with Crippen molar-refractivity contribution in [3.8, 4) is 0 Å². The first kappa shape index (κ1) is 20.0. The van der Waals surface area contributed by atoms with Crippen LogP contribution in [-0.2, 0) is 0 Å². The number of carbonyl (C=O) groups excluding carboxylic acids is 3. The number of carbonyl (C=O) groups is 3. The van der Waals surface area contributed by atoms with E-state index in [9.17, 15) is 14.4 Å². The Kier molecular flexibility index (Phi) is 7.37. The van der Waals surface area contributed by atoms with Gasteiger partial charge in [-0.05, 0) is 43.7 Å². The molecule has 0 aliphatic carbocycles. The van der Waals surface area contributed by atoms with Gasteiger partial charge in [-0.25, -0.2) is 4.79 Å². The molecule has 2 aromatic carbocycles. The van der Waals surface area contributed by atoms with Crippen molar-refractivity contribution in [1.29, 1.82) is 0 Å². The van der Waals surface area contributed by atoms with Crippen molar-refractivity contribution < 1.29 is 14.4 Å². The predicted molar refractivity (Wildman–Crippen MR) is 105 cm³/mol. The molecule has 0 aliphatic rings. The summed E-state index contributed by atoms with van der Waals surface area (Å²) < 4.78 is 0. The Hall–Kier alpha value is -3.35. The van der Waals surface area contributed by atoms with E-state index in [4.69, 9.17) is 0 Å². The first-order chi connectivity index (χ1) is 13.0. The molecule has 0 atom stereocenters. The fourth-order valence-corrected chi connectivity index (χ4v) is 2.37. The van der Waals surface area contributed by atoms with Crippen LogP contribution in [0.4, 0.5) is 10.5 Å². The lowest BCUT2D eigenvalue weighted by molar-refractivity contribution is 0.0947. The van der Waals surface area contributed by atoms with Gasteiger partial charge in [0, 0.05) is 36.4 Å². The van der Waals surface area contributed by atoms with Gasteiger partial charge in [-0.15, -0.1) is 0 Å². The summed E-state index contributed by atoms with van der Waals surface area (Å²) in [6.07, 6.45) is 0. The van der Waals surface area contributed by atoms with Crippen molar-refractivity contribution >= 4 is 23.5 Å². The molecule has 4 N–H and O–H groups in total. The minimum Gasteiger partial charge on any atom is -0.352 e. The molecule has 0 heterocycles. The fraction of sp³-hybridized carbons (Fsp3) is 0.250. The number of hydrogen-bond donors (Lipinski definition) is 4. The maximum absolute atomic E-state index is 12.1. The standard InChI is InChI=1S/C20H24N4O3/c1-3-21-19(26)16-10-9-14(2)17(13-16)24-20(27)23-12-11-22-18(25)15-7-5-4-6-8-15/h4-10,13H,3,11-12H2,1-2H3,(H,21,26)(H,22,25)(H2,23,24,27). The van der Waals surface area contributed by atoms with Gasteiger partial charge in [-0.1, -0.05) is 24.3 Å². The van der Waals surface area contributed by atoms with Crippen LogP contribution in [0.15, 0.2) is 48.5 Å². The number of hydrogen-bond acceptors (Lipinski definition) is 3. The zero-order valence-corrected chi connectivity index (χ0v) is 15.5. The number of anilines is 1. The van der Waals surface area contributed by atoms with Gasteiger partial charge in [-0.3, -0.25) is 9.59 Å². The van der Waals surface area contributed by atoms with Gasteiger partial charge in [0.25, 0.3) is 11.8 Å². The molecule has 142 valence electrons. The van der Waals surface area contributed by atoms with Crippen molar-refractivity contribution in [2.45, 2.75) is 13.8 Å². The van der Waals surface area contributed by atoms with Gasteiger partial charge in [0.05, 0.1) is 0 Å². The number of nitrogens with one attached hydrogen (secondary N) is 4. The molecule has 27 heavy (non-hydrogen) atoms. The lowest BCUT2D eigenvalue weighted by Gasteiger charge is -2.12. The normalized spacial score (nSPS) is 10.0. The van der Waals surface area contributed by atoms with E-state index in [1.807, 2.05) is 19.9 Å². The smallest absolute Gasteiger partial charge is 0.319 e. The molecule has 0 spiro atoms. The molecule has 0 fully saturated rings. The van der Waals surface area contributed by atoms with Crippen LogP contribution in [0, 0.1) is 6.92 Å². The molecule has 0 unspecified atom stereocenters. The van der Waals surface area contributed by atoms with Crippen molar-refractivity contribution in [2.75, 3.05) is 25.0 Å². The van der Waals surface area contributed by atoms with Crippen molar-refractivity contribution in [1.82, 2.24) is 16.0 Å². The van der Waals surface area contributed by atoms with Gasteiger partial charge in [-0.2, -0.15) is 0 Å². The summed E-state index contributed by atoms with van der Waals surface area (Å²) in [4.78, 5) is 35.9. The Balaban J connectivity index is 1.81. The second-order valence-electron chi connectivity index (χ2n) is 5.89. The summed E-state index contributed by atoms with van der Waals surface area (Å²) in [6.45, 7) is 4.80. The summed E-state index contributed by atoms with van der Waals surface area (Å²) in [7, 11) is 0. The highest BCUT2D eigenvalue weighted by Gasteiger charge is 2.10. The van der Waals surface area contributed by atoms with Crippen LogP contribution in [0.5, 0.6) is 0 Å². The van der Waals surface area contributed by atoms with E-state index in [2.05, 4.69) is 21.3 Å². The minimum atomic E-state index is -0.403. The third kappa shape index (κ3) is 6.14. The maximum atomic E-state index is 12.1. The Morgan fingerprint density at radius 3 is 2.19 bits per heavy atom. The van der Waals surface area contributed by atoms with Crippen LogP contribution >= 0.6 is 0 Å². The van der Waals surface area contributed by atoms with Gasteiger partial charge in [0.2, 0.25) is 0 Å². The highest BCUT2D eigenvalue weighted by atomic mass is 16.2. The van der Waals surface area contributed by atoms with E-state index < -0.39 is 6.03 Å². The molecule has 2 aromatic rings. The monoisotopic (exact) mass is 368 g/mol. The summed E-state index contributed by atoms with van der Waals surface area (Å²) in [5.74, 6) is -0.382. The second kappa shape index (κ2) is 9.96. The number of amides is 4. The molecule has 0 bridgehead atoms. The van der Waals surface area contributed by atoms with Gasteiger partial charge in [0.15, 0.2) is 0 Å². The topological polar surface area (TPSA) is 99.3 Å². The van der Waals surface area contributed by atoms with Gasteiger partial charge in [0.1, 0.15) is 0 Å². The minimum absolute atomic E-state index is 0.190. The third-order valence-corrected chi connectivity index (χ3v) is 3.82. The molecule has 2 rings (SSSR count). The predicted octanol–water partition coefficient (Wildman–Crippen LogP) is 2.30. The molecule has 0 saturated heterocycles. The molecule has 0 saturated carbocycles. The fourth-order valence-electron chi connectivity index (χ4n) is 2.37. The van der Waals surface area contributed by atoms with Crippen molar-refractivity contribution in [3.05, 3.63) is 65.2 Å². The summed E-state index contributed by atoms with van der Waals surface area (Å²) in [5, 5.41) is 10.9. The third-order valence-electron chi connectivity index (χ3n) is 3.82. The second-order valence-corrected chi connectivity index (χ2v) is 5.89. The van der Waals surface area contributed by atoms with Crippen LogP contribution in [0.3, 0.4) is 0 Å². The number of rotatable bonds is 7. The average molecular weight is 368 g/mol. The van der Waals surface area contributed by atoms with Gasteiger partial charge < -0.3 is 21.3 Å². The van der Waals surface area contributed by atoms with E-state index in [-0.39, 0.29) is 18.4 Å². The van der Waals surface area contributed by atoms with Crippen LogP contribution in [-0.4, -0.2) is 37.5 Å². The van der Waals surface area contributed by atoms with Crippen LogP contribution in [0.1, 0.15) is 33.2 Å². The first-order valence-electron chi connectivity index (χ1n) is 8.78. The largest absolute Gasteiger partial charge is 0.352 e. The lowest BCUT2D eigenvalue weighted by Crippen LogP contribution is -2.37. The van der Waals surface area contributed by atoms with E-state index in [0.717, 1.165) is 5.56 Å². The van der Waals surface area contributed by atoms with Crippen LogP contribution in [0.2, 0.25) is 0 Å². The molecule has 0 aliphatic heterocycles. The zero-order valence-electron chi connectivity index (χ0n) is 15.5. The summed E-state index contributed by atoms with van der Waals surface area (Å²) in [5.41, 5.74) is 2.45. The van der Waals surface area contributed by atoms with E-state index >= 15 is 0 Å². The van der Waals surface area contributed by atoms with Gasteiger partial charge >= 0.3 is 6.03 Å². The lowest BCUT2D eigenvalue weighted by atomic mass is 10.1. The highest BCUT2D eigenvalue weighted by molar-refractivity contribution is 5.97. The molecule has 0 aromatic heterocycles. The van der Waals surface area contributed by atoms with Crippen molar-refractivity contribution in [3.63, 3.8) is 0 Å². The van der Waals surface area contributed by atoms with E-state index in [1.165, 1.54) is 0 Å². The Labute approximate surface area is 158 Å². The Bertz CT molecular complexity index is 806. The molecule has 0 radical (unpaired) electrons. The average Bonchev–Trinajstić information content (AvgIpc) is 2.67. The maximum Gasteiger partial charge on any atom is 0.319 e. The first-order valence-corrected chi connectivity index (χ1v) is 8.78. The number of benzene rings is 2. The van der Waals surface area contributed by atoms with Crippen LogP contribution in [0.25, 0.3) is 0 Å². The molecule has 7 heteroatoms. The molecule has 4 amide bonds. The molecular weight excluding hydrogens is 344 g/mol. The SMILES string of the molecule is CCNC(=O)c1ccc(C)c(NC(=O)NCCNC(=O)c2ccccc2)c1. The number of urea groups is 1. The number of aryl methyl sites for hydroxylation is 1. The van der Waals surface area contributed by atoms with Crippen molar-refractivity contribution in [2.24, 2.45) is 0 Å². The Morgan fingerprint density at radius 1 is 0.815 bits per heavy atom. The van der Waals surface area contributed by atoms with E-state index in [0.29, 0.717) is 29.9 Å². The Morgan fingerprint density at radius 2 is 1.48 bits per heavy atom. The molecule has 7 nitrogen and oxygen atoms in total. The highest BCUT2D eigenvalue weighted by Crippen LogP contribution is 2.16. The van der Waals surface area contributed by atoms with Crippen LogP contribution < -0.4 is 21.3 Å². The zero-order chi connectivity index (χ0) is 19.6. The quantitative estimate of drug-likeness (QED) is 0.564. The molecular formula is C20H24N4O3. The summed E-state index contributed by atoms with van der Waals surface area (Å²) in [6, 6.07) is 13.6. The summed E-state index contributed by atoms with van der Waals surface area (Å²) >= 11 is 0. The van der Waals surface area contributed by atoms with E-state index in [1.54, 1.807) is 42.5 Å².